The van der Waals surface area contributed by atoms with Gasteiger partial charge in [0, 0.05) is 11.3 Å². The maximum Gasteiger partial charge on any atom is 0.286 e. The highest BCUT2D eigenvalue weighted by molar-refractivity contribution is 6.33. The number of rotatable bonds is 1. The van der Waals surface area contributed by atoms with Gasteiger partial charge >= 0.3 is 0 Å². The number of hydrogen-bond donors (Lipinski definition) is 2. The molecule has 82 valence electrons. The van der Waals surface area contributed by atoms with Crippen LogP contribution in [0, 0.1) is 0 Å². The van der Waals surface area contributed by atoms with E-state index in [1.165, 1.54) is 0 Å². The van der Waals surface area contributed by atoms with Crippen LogP contribution in [0.3, 0.4) is 0 Å². The van der Waals surface area contributed by atoms with Crippen molar-refractivity contribution in [3.63, 3.8) is 0 Å². The van der Waals surface area contributed by atoms with E-state index in [4.69, 9.17) is 28.9 Å². The number of nitrogens with zero attached hydrogens (tertiary/aromatic N) is 1. The summed E-state index contributed by atoms with van der Waals surface area (Å²) in [5.41, 5.74) is 6.82. The van der Waals surface area contributed by atoms with Crippen molar-refractivity contribution in [1.29, 1.82) is 0 Å². The van der Waals surface area contributed by atoms with Crippen molar-refractivity contribution in [2.75, 3.05) is 5.73 Å². The van der Waals surface area contributed by atoms with Crippen molar-refractivity contribution < 1.29 is 0 Å². The molecule has 16 heavy (non-hydrogen) atoms. The Morgan fingerprint density at radius 2 is 2.00 bits per heavy atom. The Labute approximate surface area is 101 Å². The minimum atomic E-state index is -0.483. The number of halogens is 2. The Morgan fingerprint density at radius 1 is 1.25 bits per heavy atom. The van der Waals surface area contributed by atoms with E-state index >= 15 is 0 Å². The summed E-state index contributed by atoms with van der Waals surface area (Å²) in [6, 6.07) is 6.95. The first-order valence-electron chi connectivity index (χ1n) is 4.39. The molecule has 0 amide bonds. The van der Waals surface area contributed by atoms with Gasteiger partial charge in [0.1, 0.15) is 0 Å². The van der Waals surface area contributed by atoms with E-state index in [9.17, 15) is 4.79 Å². The Morgan fingerprint density at radius 3 is 2.69 bits per heavy atom. The number of benzene rings is 1. The van der Waals surface area contributed by atoms with E-state index in [-0.39, 0.29) is 10.3 Å². The van der Waals surface area contributed by atoms with Crippen molar-refractivity contribution in [3.8, 4) is 11.3 Å². The van der Waals surface area contributed by atoms with Gasteiger partial charge in [-0.1, -0.05) is 35.3 Å². The molecular weight excluding hydrogens is 249 g/mol. The molecule has 0 bridgehead atoms. The molecule has 2 aromatic rings. The third-order valence-corrected chi connectivity index (χ3v) is 2.53. The molecule has 2 rings (SSSR count). The highest BCUT2D eigenvalue weighted by atomic mass is 35.5. The van der Waals surface area contributed by atoms with Gasteiger partial charge in [0.2, 0.25) is 0 Å². The Kier molecular flexibility index (Phi) is 2.85. The Hall–Kier alpha value is -1.52. The molecular formula is C10H7Cl2N3O. The lowest BCUT2D eigenvalue weighted by Crippen LogP contribution is -2.10. The minimum absolute atomic E-state index is 0.134. The van der Waals surface area contributed by atoms with E-state index in [1.807, 2.05) is 0 Å². The van der Waals surface area contributed by atoms with Gasteiger partial charge in [-0.3, -0.25) is 4.79 Å². The summed E-state index contributed by atoms with van der Waals surface area (Å²) in [6.07, 6.45) is 0. The molecule has 4 nitrogen and oxygen atoms in total. The average molecular weight is 256 g/mol. The van der Waals surface area contributed by atoms with E-state index < -0.39 is 5.56 Å². The SMILES string of the molecule is Nc1cccc(-c2[nH]c(=O)c(Cl)nc2Cl)c1. The topological polar surface area (TPSA) is 71.8 Å². The second-order valence-corrected chi connectivity index (χ2v) is 3.86. The number of hydrogen-bond acceptors (Lipinski definition) is 3. The standard InChI is InChI=1S/C10H7Cl2N3O/c11-8-7(14-10(16)9(12)15-8)5-2-1-3-6(13)4-5/h1-4H,13H2,(H,14,16). The Bertz CT molecular complexity index is 595. The smallest absolute Gasteiger partial charge is 0.286 e. The van der Waals surface area contributed by atoms with Crippen molar-refractivity contribution in [2.24, 2.45) is 0 Å². The fourth-order valence-electron chi connectivity index (χ4n) is 1.29. The van der Waals surface area contributed by atoms with Crippen molar-refractivity contribution >= 4 is 28.9 Å². The van der Waals surface area contributed by atoms with Crippen LogP contribution in [0.4, 0.5) is 5.69 Å². The lowest BCUT2D eigenvalue weighted by Gasteiger charge is -2.04. The minimum Gasteiger partial charge on any atom is -0.399 e. The van der Waals surface area contributed by atoms with E-state index in [2.05, 4.69) is 9.97 Å². The van der Waals surface area contributed by atoms with Gasteiger partial charge in [0.05, 0.1) is 5.69 Å². The fraction of sp³-hybridized carbons (Fsp3) is 0. The second-order valence-electron chi connectivity index (χ2n) is 3.15. The zero-order valence-corrected chi connectivity index (χ0v) is 9.51. The van der Waals surface area contributed by atoms with Crippen LogP contribution in [0.25, 0.3) is 11.3 Å². The number of nitrogen functional groups attached to an aromatic ring is 1. The van der Waals surface area contributed by atoms with Crippen LogP contribution in [-0.2, 0) is 0 Å². The molecule has 0 aliphatic heterocycles. The van der Waals surface area contributed by atoms with Crippen LogP contribution in [0.2, 0.25) is 10.3 Å². The first-order valence-corrected chi connectivity index (χ1v) is 5.15. The molecule has 0 unspecified atom stereocenters. The molecule has 1 aromatic carbocycles. The molecule has 6 heteroatoms. The highest BCUT2D eigenvalue weighted by Crippen LogP contribution is 2.24. The van der Waals surface area contributed by atoms with Crippen molar-refractivity contribution in [2.45, 2.75) is 0 Å². The molecule has 0 saturated carbocycles. The van der Waals surface area contributed by atoms with Gasteiger partial charge in [-0.25, -0.2) is 4.98 Å². The van der Waals surface area contributed by atoms with Crippen LogP contribution in [0.1, 0.15) is 0 Å². The van der Waals surface area contributed by atoms with E-state index in [1.54, 1.807) is 24.3 Å². The quantitative estimate of drug-likeness (QED) is 0.769. The van der Waals surface area contributed by atoms with Gasteiger partial charge in [-0.2, -0.15) is 0 Å². The van der Waals surface area contributed by atoms with E-state index in [0.29, 0.717) is 16.9 Å². The summed E-state index contributed by atoms with van der Waals surface area (Å²) >= 11 is 11.4. The highest BCUT2D eigenvalue weighted by Gasteiger charge is 2.09. The van der Waals surface area contributed by atoms with Crippen LogP contribution in [0.15, 0.2) is 29.1 Å². The average Bonchev–Trinajstić information content (AvgIpc) is 2.23. The van der Waals surface area contributed by atoms with E-state index in [0.717, 1.165) is 0 Å². The third-order valence-electron chi connectivity index (χ3n) is 2.00. The normalized spacial score (nSPS) is 10.4. The number of aromatic nitrogens is 2. The number of nitrogens with two attached hydrogens (primary N) is 1. The largest absolute Gasteiger partial charge is 0.399 e. The summed E-state index contributed by atoms with van der Waals surface area (Å²) in [5, 5.41) is -0.0483. The van der Waals surface area contributed by atoms with Crippen LogP contribution < -0.4 is 11.3 Å². The second kappa shape index (κ2) is 4.15. The zero-order chi connectivity index (χ0) is 11.7. The molecule has 0 aliphatic carbocycles. The van der Waals surface area contributed by atoms with Gasteiger partial charge in [0.15, 0.2) is 10.3 Å². The first-order chi connectivity index (χ1) is 7.58. The number of anilines is 1. The number of H-pyrrole nitrogens is 1. The molecule has 0 saturated heterocycles. The number of nitrogens with one attached hydrogen (secondary N) is 1. The monoisotopic (exact) mass is 255 g/mol. The van der Waals surface area contributed by atoms with Crippen molar-refractivity contribution in [3.05, 3.63) is 44.9 Å². The van der Waals surface area contributed by atoms with Gasteiger partial charge in [0.25, 0.3) is 5.56 Å². The molecule has 3 N–H and O–H groups in total. The molecule has 0 radical (unpaired) electrons. The predicted molar refractivity (Wildman–Crippen MR) is 64.7 cm³/mol. The summed E-state index contributed by atoms with van der Waals surface area (Å²) in [4.78, 5) is 17.6. The summed E-state index contributed by atoms with van der Waals surface area (Å²) in [5.74, 6) is 0. The maximum absolute atomic E-state index is 11.3. The van der Waals surface area contributed by atoms with Gasteiger partial charge in [-0.15, -0.1) is 0 Å². The van der Waals surface area contributed by atoms with Gasteiger partial charge in [-0.05, 0) is 12.1 Å². The molecule has 1 heterocycles. The summed E-state index contributed by atoms with van der Waals surface area (Å²) in [6.45, 7) is 0. The predicted octanol–water partition coefficient (Wildman–Crippen LogP) is 2.33. The van der Waals surface area contributed by atoms with Crippen LogP contribution in [0.5, 0.6) is 0 Å². The molecule has 0 fully saturated rings. The van der Waals surface area contributed by atoms with Crippen LogP contribution in [-0.4, -0.2) is 9.97 Å². The number of aromatic amines is 1. The van der Waals surface area contributed by atoms with Crippen LogP contribution >= 0.6 is 23.2 Å². The summed E-state index contributed by atoms with van der Waals surface area (Å²) in [7, 11) is 0. The molecule has 0 spiro atoms. The molecule has 0 aliphatic rings. The lowest BCUT2D eigenvalue weighted by atomic mass is 10.1. The zero-order valence-electron chi connectivity index (χ0n) is 8.00. The summed E-state index contributed by atoms with van der Waals surface area (Å²) < 4.78 is 0. The first kappa shape index (κ1) is 11.0. The van der Waals surface area contributed by atoms with Gasteiger partial charge < -0.3 is 10.7 Å². The lowest BCUT2D eigenvalue weighted by molar-refractivity contribution is 1.14. The van der Waals surface area contributed by atoms with Crippen molar-refractivity contribution in [1.82, 2.24) is 9.97 Å². The third kappa shape index (κ3) is 2.03. The molecule has 0 atom stereocenters. The molecule has 1 aromatic heterocycles. The Balaban J connectivity index is 2.65. The maximum atomic E-state index is 11.3. The fourth-order valence-corrected chi connectivity index (χ4v) is 1.71.